The van der Waals surface area contributed by atoms with Crippen LogP contribution in [0, 0.1) is 17.0 Å². The quantitative estimate of drug-likeness (QED) is 0.316. The number of benzene rings is 3. The highest BCUT2D eigenvalue weighted by atomic mass is 35.5. The summed E-state index contributed by atoms with van der Waals surface area (Å²) < 4.78 is 5.16. The molecule has 9 nitrogen and oxygen atoms in total. The maximum absolute atomic E-state index is 12.7. The molecule has 3 aromatic carbocycles. The lowest BCUT2D eigenvalue weighted by molar-refractivity contribution is -0.384. The number of rotatable bonds is 5. The summed E-state index contributed by atoms with van der Waals surface area (Å²) in [6, 6.07) is 12.3. The Morgan fingerprint density at radius 2 is 1.78 bits per heavy atom. The van der Waals surface area contributed by atoms with E-state index in [9.17, 15) is 14.9 Å². The molecule has 0 unspecified atom stereocenters. The van der Waals surface area contributed by atoms with Crippen LogP contribution in [0.25, 0.3) is 16.7 Å². The van der Waals surface area contributed by atoms with Crippen molar-refractivity contribution in [3.05, 3.63) is 79.8 Å². The van der Waals surface area contributed by atoms with Crippen molar-refractivity contribution in [2.45, 2.75) is 6.92 Å². The van der Waals surface area contributed by atoms with Crippen molar-refractivity contribution in [2.24, 2.45) is 0 Å². The predicted octanol–water partition coefficient (Wildman–Crippen LogP) is 5.20. The molecule has 0 atom stereocenters. The first-order valence-electron chi connectivity index (χ1n) is 9.23. The summed E-state index contributed by atoms with van der Waals surface area (Å²) in [5.41, 5.74) is 3.01. The van der Waals surface area contributed by atoms with Gasteiger partial charge in [-0.2, -0.15) is 4.80 Å². The number of amides is 1. The number of nitrogens with one attached hydrogen (secondary N) is 1. The Kier molecular flexibility index (Phi) is 5.68. The summed E-state index contributed by atoms with van der Waals surface area (Å²) >= 11 is 12.3. The van der Waals surface area contributed by atoms with Crippen LogP contribution in [0.15, 0.2) is 48.5 Å². The van der Waals surface area contributed by atoms with Crippen molar-refractivity contribution < 1.29 is 14.5 Å². The van der Waals surface area contributed by atoms with Crippen molar-refractivity contribution in [2.75, 3.05) is 12.4 Å². The zero-order chi connectivity index (χ0) is 23.0. The van der Waals surface area contributed by atoms with Crippen LogP contribution in [0.5, 0.6) is 5.75 Å². The van der Waals surface area contributed by atoms with Crippen molar-refractivity contribution >= 4 is 51.5 Å². The summed E-state index contributed by atoms with van der Waals surface area (Å²) in [7, 11) is 1.53. The van der Waals surface area contributed by atoms with E-state index in [2.05, 4.69) is 15.5 Å². The van der Waals surface area contributed by atoms with Crippen LogP contribution >= 0.6 is 23.2 Å². The lowest BCUT2D eigenvalue weighted by Crippen LogP contribution is -2.13. The molecule has 0 aliphatic rings. The number of methoxy groups -OCH3 is 1. The zero-order valence-corrected chi connectivity index (χ0v) is 18.3. The molecule has 1 amide bonds. The predicted molar refractivity (Wildman–Crippen MR) is 121 cm³/mol. The maximum Gasteiger partial charge on any atom is 0.270 e. The monoisotopic (exact) mass is 471 g/mol. The molecular weight excluding hydrogens is 457 g/mol. The topological polar surface area (TPSA) is 112 Å². The number of hydrogen-bond acceptors (Lipinski definition) is 6. The second kappa shape index (κ2) is 8.45. The standard InChI is InChI=1S/C21H15Cl2N5O4/c1-11-7-18-19(26-27(25-18)12-4-6-20(32-2)16(23)8-12)10-17(11)24-21(29)14-5-3-13(28(30)31)9-15(14)22/h3-10H,1-2H3,(H,24,29). The first-order chi connectivity index (χ1) is 15.3. The molecule has 162 valence electrons. The summed E-state index contributed by atoms with van der Waals surface area (Å²) in [6.45, 7) is 1.82. The van der Waals surface area contributed by atoms with Crippen LogP contribution < -0.4 is 10.1 Å². The molecule has 1 N–H and O–H groups in total. The van der Waals surface area contributed by atoms with Gasteiger partial charge in [-0.3, -0.25) is 14.9 Å². The average Bonchev–Trinajstić information content (AvgIpc) is 3.16. The van der Waals surface area contributed by atoms with Crippen LogP contribution in [-0.4, -0.2) is 32.9 Å². The van der Waals surface area contributed by atoms with E-state index in [1.165, 1.54) is 24.0 Å². The SMILES string of the molecule is COc1ccc(-n2nc3cc(C)c(NC(=O)c4ccc([N+](=O)[O-])cc4Cl)cc3n2)cc1Cl. The molecule has 0 fully saturated rings. The molecule has 1 aromatic heterocycles. The largest absolute Gasteiger partial charge is 0.495 e. The van der Waals surface area contributed by atoms with Crippen LogP contribution in [0.2, 0.25) is 10.0 Å². The second-order valence-corrected chi connectivity index (χ2v) is 7.65. The number of ether oxygens (including phenoxy) is 1. The third-order valence-corrected chi connectivity index (χ3v) is 5.36. The van der Waals surface area contributed by atoms with Crippen LogP contribution in [0.4, 0.5) is 11.4 Å². The highest BCUT2D eigenvalue weighted by Crippen LogP contribution is 2.28. The number of fused-ring (bicyclic) bond motifs is 1. The first kappa shape index (κ1) is 21.5. The number of nitrogens with zero attached hydrogens (tertiary/aromatic N) is 4. The fraction of sp³-hybridized carbons (Fsp3) is 0.0952. The van der Waals surface area contributed by atoms with E-state index in [1.807, 2.05) is 6.92 Å². The molecule has 4 rings (SSSR count). The van der Waals surface area contributed by atoms with Crippen LogP contribution in [0.3, 0.4) is 0 Å². The summed E-state index contributed by atoms with van der Waals surface area (Å²) in [5.74, 6) is 0.0413. The number of aryl methyl sites for hydroxylation is 1. The number of hydrogen-bond donors (Lipinski definition) is 1. The molecular formula is C21H15Cl2N5O4. The fourth-order valence-corrected chi connectivity index (χ4v) is 3.60. The number of non-ortho nitro benzene ring substituents is 1. The fourth-order valence-electron chi connectivity index (χ4n) is 3.09. The smallest absolute Gasteiger partial charge is 0.270 e. The number of carbonyl (C=O) groups is 1. The van der Waals surface area contributed by atoms with Crippen molar-refractivity contribution in [1.82, 2.24) is 15.0 Å². The number of nitro groups is 1. The van der Waals surface area contributed by atoms with Crippen molar-refractivity contribution in [1.29, 1.82) is 0 Å². The Balaban J connectivity index is 1.64. The molecule has 0 saturated heterocycles. The maximum atomic E-state index is 12.7. The Bertz CT molecular complexity index is 1390. The van der Waals surface area contributed by atoms with Gasteiger partial charge in [0.25, 0.3) is 11.6 Å². The summed E-state index contributed by atoms with van der Waals surface area (Å²) in [6.07, 6.45) is 0. The molecule has 11 heteroatoms. The molecule has 0 radical (unpaired) electrons. The van der Waals surface area contributed by atoms with Gasteiger partial charge in [0.2, 0.25) is 0 Å². The van der Waals surface area contributed by atoms with E-state index < -0.39 is 10.8 Å². The van der Waals surface area contributed by atoms with Gasteiger partial charge >= 0.3 is 0 Å². The molecule has 0 saturated carbocycles. The van der Waals surface area contributed by atoms with E-state index in [1.54, 1.807) is 30.3 Å². The molecule has 0 bridgehead atoms. The Morgan fingerprint density at radius 1 is 1.06 bits per heavy atom. The molecule has 0 aliphatic carbocycles. The van der Waals surface area contributed by atoms with Gasteiger partial charge in [0.1, 0.15) is 16.8 Å². The van der Waals surface area contributed by atoms with E-state index in [-0.39, 0.29) is 16.3 Å². The molecule has 0 aliphatic heterocycles. The number of aromatic nitrogens is 3. The summed E-state index contributed by atoms with van der Waals surface area (Å²) in [5, 5.41) is 23.0. The van der Waals surface area contributed by atoms with E-state index in [0.717, 1.165) is 11.6 Å². The average molecular weight is 472 g/mol. The van der Waals surface area contributed by atoms with Crippen molar-refractivity contribution in [3.8, 4) is 11.4 Å². The Hall–Kier alpha value is -3.69. The first-order valence-corrected chi connectivity index (χ1v) is 9.99. The van der Waals surface area contributed by atoms with Gasteiger partial charge in [0.15, 0.2) is 0 Å². The van der Waals surface area contributed by atoms with Gasteiger partial charge < -0.3 is 10.1 Å². The van der Waals surface area contributed by atoms with Gasteiger partial charge in [-0.25, -0.2) is 0 Å². The van der Waals surface area contributed by atoms with Crippen molar-refractivity contribution in [3.63, 3.8) is 0 Å². The minimum absolute atomic E-state index is 0.0160. The van der Waals surface area contributed by atoms with E-state index >= 15 is 0 Å². The highest BCUT2D eigenvalue weighted by Gasteiger charge is 2.17. The Morgan fingerprint density at radius 3 is 2.41 bits per heavy atom. The zero-order valence-electron chi connectivity index (χ0n) is 16.8. The van der Waals surface area contributed by atoms with Gasteiger partial charge in [0.05, 0.1) is 33.3 Å². The van der Waals surface area contributed by atoms with E-state index in [4.69, 9.17) is 27.9 Å². The molecule has 1 heterocycles. The highest BCUT2D eigenvalue weighted by molar-refractivity contribution is 6.34. The molecule has 32 heavy (non-hydrogen) atoms. The third-order valence-electron chi connectivity index (χ3n) is 4.75. The third kappa shape index (κ3) is 4.08. The lowest BCUT2D eigenvalue weighted by Gasteiger charge is -2.09. The van der Waals surface area contributed by atoms with Gasteiger partial charge in [0, 0.05) is 17.8 Å². The van der Waals surface area contributed by atoms with Gasteiger partial charge in [-0.05, 0) is 48.9 Å². The number of halogens is 2. The number of carbonyl (C=O) groups excluding carboxylic acids is 1. The van der Waals surface area contributed by atoms with Gasteiger partial charge in [-0.15, -0.1) is 10.2 Å². The minimum Gasteiger partial charge on any atom is -0.495 e. The van der Waals surface area contributed by atoms with E-state index in [0.29, 0.717) is 33.2 Å². The minimum atomic E-state index is -0.578. The number of nitro benzene ring substituents is 1. The normalized spacial score (nSPS) is 10.9. The summed E-state index contributed by atoms with van der Waals surface area (Å²) in [4.78, 5) is 24.4. The lowest BCUT2D eigenvalue weighted by atomic mass is 10.1. The molecule has 4 aromatic rings. The van der Waals surface area contributed by atoms with Crippen LogP contribution in [-0.2, 0) is 0 Å². The Labute approximate surface area is 191 Å². The molecule has 0 spiro atoms. The number of anilines is 1. The van der Waals surface area contributed by atoms with Gasteiger partial charge in [-0.1, -0.05) is 23.2 Å². The van der Waals surface area contributed by atoms with Crippen LogP contribution in [0.1, 0.15) is 15.9 Å². The second-order valence-electron chi connectivity index (χ2n) is 6.84.